The first-order valence-electron chi connectivity index (χ1n) is 5.56. The molecule has 1 aromatic rings. The molecule has 0 spiro atoms. The molecular weight excluding hydrogens is 336 g/mol. The summed E-state index contributed by atoms with van der Waals surface area (Å²) in [6, 6.07) is 3.68. The summed E-state index contributed by atoms with van der Waals surface area (Å²) in [4.78, 5) is 11.8. The highest BCUT2D eigenvalue weighted by Gasteiger charge is 2.17. The normalized spacial score (nSPS) is 11.4. The zero-order valence-corrected chi connectivity index (χ0v) is 13.9. The molecule has 0 aliphatic rings. The van der Waals surface area contributed by atoms with Crippen LogP contribution in [0.25, 0.3) is 0 Å². The monoisotopic (exact) mass is 350 g/mol. The van der Waals surface area contributed by atoms with Gasteiger partial charge in [-0.05, 0) is 28.0 Å². The highest BCUT2D eigenvalue weighted by atomic mass is 79.9. The maximum Gasteiger partial charge on any atom is 0.341 e. The van der Waals surface area contributed by atoms with E-state index in [-0.39, 0.29) is 11.3 Å². The van der Waals surface area contributed by atoms with E-state index >= 15 is 0 Å². The minimum atomic E-state index is -1.23. The summed E-state index contributed by atoms with van der Waals surface area (Å²) >= 11 is 9.01. The molecule has 0 radical (unpaired) electrons. The summed E-state index contributed by atoms with van der Waals surface area (Å²) in [5.74, 6) is -0.690. The Bertz CT molecular complexity index is 457. The largest absolute Gasteiger partial charge is 0.507 e. The van der Waals surface area contributed by atoms with Gasteiger partial charge in [0.05, 0.1) is 11.6 Å². The fraction of sp³-hybridized carbons (Fsp3) is 0.417. The van der Waals surface area contributed by atoms with Crippen molar-refractivity contribution in [3.05, 3.63) is 27.2 Å². The van der Waals surface area contributed by atoms with Gasteiger partial charge < -0.3 is 9.84 Å². The number of hydrogen-bond donors (Lipinski definition) is 1. The smallest absolute Gasteiger partial charge is 0.341 e. The van der Waals surface area contributed by atoms with Crippen LogP contribution >= 0.6 is 27.5 Å². The van der Waals surface area contributed by atoms with E-state index < -0.39 is 14.0 Å². The van der Waals surface area contributed by atoms with Gasteiger partial charge in [0.15, 0.2) is 0 Å². The van der Waals surface area contributed by atoms with Crippen molar-refractivity contribution in [2.75, 3.05) is 6.61 Å². The molecule has 0 atom stereocenters. The van der Waals surface area contributed by atoms with E-state index in [1.54, 1.807) is 0 Å². The van der Waals surface area contributed by atoms with Gasteiger partial charge in [-0.1, -0.05) is 31.2 Å². The number of phenols is 1. The van der Waals surface area contributed by atoms with Crippen LogP contribution in [0.2, 0.25) is 30.7 Å². The van der Waals surface area contributed by atoms with Crippen molar-refractivity contribution in [1.82, 2.24) is 0 Å². The van der Waals surface area contributed by atoms with Crippen LogP contribution in [0.3, 0.4) is 0 Å². The molecule has 0 aliphatic carbocycles. The number of ether oxygens (including phenoxy) is 1. The van der Waals surface area contributed by atoms with Crippen molar-refractivity contribution in [2.45, 2.75) is 25.7 Å². The number of esters is 1. The molecule has 0 aromatic heterocycles. The van der Waals surface area contributed by atoms with Crippen molar-refractivity contribution in [2.24, 2.45) is 0 Å². The molecule has 100 valence electrons. The molecule has 0 bridgehead atoms. The summed E-state index contributed by atoms with van der Waals surface area (Å²) in [5, 5.41) is 10.0. The molecule has 0 saturated carbocycles. The maximum absolute atomic E-state index is 11.8. The third-order valence-electron chi connectivity index (χ3n) is 2.34. The average Bonchev–Trinajstić information content (AvgIpc) is 2.21. The highest BCUT2D eigenvalue weighted by molar-refractivity contribution is 9.10. The second-order valence-electron chi connectivity index (χ2n) is 5.23. The van der Waals surface area contributed by atoms with Gasteiger partial charge >= 0.3 is 5.97 Å². The van der Waals surface area contributed by atoms with Gasteiger partial charge in [0.2, 0.25) is 0 Å². The zero-order valence-electron chi connectivity index (χ0n) is 10.6. The Morgan fingerprint density at radius 1 is 1.44 bits per heavy atom. The maximum atomic E-state index is 11.8. The van der Waals surface area contributed by atoms with E-state index in [9.17, 15) is 9.90 Å². The second-order valence-corrected chi connectivity index (χ2v) is 12.1. The number of phenolic OH excluding ortho intramolecular Hbond substituents is 1. The number of rotatable bonds is 4. The Kier molecular flexibility index (Phi) is 5.25. The fourth-order valence-electron chi connectivity index (χ4n) is 1.23. The van der Waals surface area contributed by atoms with Gasteiger partial charge in [-0.3, -0.25) is 0 Å². The van der Waals surface area contributed by atoms with Crippen molar-refractivity contribution in [3.8, 4) is 5.75 Å². The van der Waals surface area contributed by atoms with Gasteiger partial charge in [0.1, 0.15) is 11.3 Å². The second kappa shape index (κ2) is 6.08. The number of carbonyl (C=O) groups excluding carboxylic acids is 1. The summed E-state index contributed by atoms with van der Waals surface area (Å²) in [6.07, 6.45) is 0. The molecular formula is C12H16BrClO3Si. The fourth-order valence-corrected chi connectivity index (χ4v) is 2.44. The van der Waals surface area contributed by atoms with Crippen molar-refractivity contribution in [3.63, 3.8) is 0 Å². The number of hydrogen-bond acceptors (Lipinski definition) is 3. The Hall–Kier alpha value is -0.523. The third-order valence-corrected chi connectivity index (χ3v) is 5.24. The van der Waals surface area contributed by atoms with Crippen molar-refractivity contribution in [1.29, 1.82) is 0 Å². The van der Waals surface area contributed by atoms with Crippen LogP contribution in [0.15, 0.2) is 16.6 Å². The Labute approximate surface area is 121 Å². The minimum absolute atomic E-state index is 0.127. The summed E-state index contributed by atoms with van der Waals surface area (Å²) in [5.41, 5.74) is 0.127. The lowest BCUT2D eigenvalue weighted by Gasteiger charge is -2.15. The van der Waals surface area contributed by atoms with E-state index in [0.29, 0.717) is 16.1 Å². The third kappa shape index (κ3) is 4.63. The van der Waals surface area contributed by atoms with Gasteiger partial charge in [-0.2, -0.15) is 0 Å². The molecule has 0 unspecified atom stereocenters. The summed E-state index contributed by atoms with van der Waals surface area (Å²) in [7, 11) is -1.23. The van der Waals surface area contributed by atoms with Crippen LogP contribution in [0.4, 0.5) is 0 Å². The Morgan fingerprint density at radius 2 is 2.06 bits per heavy atom. The highest BCUT2D eigenvalue weighted by Crippen LogP contribution is 2.30. The van der Waals surface area contributed by atoms with Crippen molar-refractivity contribution < 1.29 is 14.6 Å². The van der Waals surface area contributed by atoms with Crippen LogP contribution in [0, 0.1) is 0 Å². The molecule has 0 fully saturated rings. The molecule has 0 aliphatic heterocycles. The van der Waals surface area contributed by atoms with Crippen LogP contribution in [-0.2, 0) is 4.74 Å². The van der Waals surface area contributed by atoms with Crippen LogP contribution in [-0.4, -0.2) is 25.8 Å². The first kappa shape index (κ1) is 15.5. The van der Waals surface area contributed by atoms with Crippen LogP contribution in [0.5, 0.6) is 5.75 Å². The van der Waals surface area contributed by atoms with Crippen LogP contribution in [0.1, 0.15) is 10.4 Å². The van der Waals surface area contributed by atoms with Gasteiger partial charge in [-0.25, -0.2) is 4.79 Å². The number of halogens is 2. The lowest BCUT2D eigenvalue weighted by atomic mass is 10.2. The molecule has 1 aromatic carbocycles. The number of benzene rings is 1. The molecule has 1 N–H and O–H groups in total. The first-order valence-corrected chi connectivity index (χ1v) is 10.4. The van der Waals surface area contributed by atoms with E-state index in [2.05, 4.69) is 35.6 Å². The molecule has 18 heavy (non-hydrogen) atoms. The predicted molar refractivity (Wildman–Crippen MR) is 79.3 cm³/mol. The van der Waals surface area contributed by atoms with E-state index in [1.165, 1.54) is 12.1 Å². The Morgan fingerprint density at radius 3 is 2.61 bits per heavy atom. The quantitative estimate of drug-likeness (QED) is 0.649. The predicted octanol–water partition coefficient (Wildman–Crippen LogP) is 4.30. The topological polar surface area (TPSA) is 46.5 Å². The summed E-state index contributed by atoms with van der Waals surface area (Å²) in [6.45, 7) is 7.00. The molecule has 6 heteroatoms. The van der Waals surface area contributed by atoms with E-state index in [0.717, 1.165) is 6.04 Å². The lowest BCUT2D eigenvalue weighted by molar-refractivity contribution is 0.0522. The minimum Gasteiger partial charge on any atom is -0.507 e. The molecule has 0 heterocycles. The van der Waals surface area contributed by atoms with Gasteiger partial charge in [0, 0.05) is 18.6 Å². The summed E-state index contributed by atoms with van der Waals surface area (Å²) < 4.78 is 5.71. The van der Waals surface area contributed by atoms with Crippen molar-refractivity contribution >= 4 is 41.6 Å². The number of carbonyl (C=O) groups is 1. The number of aromatic hydroxyl groups is 1. The molecule has 3 nitrogen and oxygen atoms in total. The SMILES string of the molecule is C[Si](C)(C)CCOC(=O)c1cc(Br)c(Cl)cc1O. The zero-order chi connectivity index (χ0) is 13.9. The standard InChI is InChI=1S/C12H16BrClO3Si/c1-18(2,3)5-4-17-12(16)8-6-9(13)10(14)7-11(8)15/h6-7,15H,4-5H2,1-3H3. The lowest BCUT2D eigenvalue weighted by Crippen LogP contribution is -2.22. The molecule has 0 amide bonds. The van der Waals surface area contributed by atoms with Gasteiger partial charge in [-0.15, -0.1) is 0 Å². The average molecular weight is 352 g/mol. The van der Waals surface area contributed by atoms with Crippen LogP contribution < -0.4 is 0 Å². The van der Waals surface area contributed by atoms with E-state index in [1.807, 2.05) is 0 Å². The molecule has 1 rings (SSSR count). The molecule has 0 saturated heterocycles. The first-order chi connectivity index (χ1) is 8.20. The Balaban J connectivity index is 2.70. The van der Waals surface area contributed by atoms with E-state index in [4.69, 9.17) is 16.3 Å². The van der Waals surface area contributed by atoms with Gasteiger partial charge in [0.25, 0.3) is 0 Å².